The van der Waals surface area contributed by atoms with E-state index in [4.69, 9.17) is 21.1 Å². The second-order valence-corrected chi connectivity index (χ2v) is 6.97. The summed E-state index contributed by atoms with van der Waals surface area (Å²) in [5, 5.41) is 6.97. The van der Waals surface area contributed by atoms with Gasteiger partial charge < -0.3 is 14.8 Å². The maximum Gasteiger partial charge on any atom is 0.329 e. The number of hydrazone groups is 1. The van der Waals surface area contributed by atoms with Crippen molar-refractivity contribution in [1.82, 2.24) is 10.7 Å². The number of amides is 2. The van der Waals surface area contributed by atoms with Crippen LogP contribution in [0.3, 0.4) is 0 Å². The summed E-state index contributed by atoms with van der Waals surface area (Å²) >= 11 is 6.17. The number of hydrogen-bond donors (Lipinski definition) is 2. The summed E-state index contributed by atoms with van der Waals surface area (Å²) in [6.45, 7) is 4.50. The molecule has 2 N–H and O–H groups in total. The van der Waals surface area contributed by atoms with Crippen LogP contribution in [0.25, 0.3) is 0 Å². The van der Waals surface area contributed by atoms with Gasteiger partial charge in [0.2, 0.25) is 0 Å². The van der Waals surface area contributed by atoms with E-state index >= 15 is 0 Å². The van der Waals surface area contributed by atoms with Gasteiger partial charge in [-0.2, -0.15) is 5.10 Å². The minimum absolute atomic E-state index is 0.227. The van der Waals surface area contributed by atoms with E-state index in [1.807, 2.05) is 32.0 Å². The molecule has 0 heterocycles. The summed E-state index contributed by atoms with van der Waals surface area (Å²) in [6, 6.07) is 12.6. The third kappa shape index (κ3) is 6.80. The van der Waals surface area contributed by atoms with E-state index in [-0.39, 0.29) is 12.5 Å². The first-order chi connectivity index (χ1) is 13.9. The molecule has 0 saturated carbocycles. The van der Waals surface area contributed by atoms with Gasteiger partial charge in [0.15, 0.2) is 11.5 Å². The van der Waals surface area contributed by atoms with Crippen LogP contribution >= 0.6 is 11.6 Å². The number of carbonyl (C=O) groups is 2. The summed E-state index contributed by atoms with van der Waals surface area (Å²) < 4.78 is 11.3. The Kier molecular flexibility index (Phi) is 8.48. The Balaban J connectivity index is 2.08. The number of nitrogens with zero attached hydrogens (tertiary/aromatic N) is 1. The number of benzene rings is 2. The molecule has 2 aromatic carbocycles. The number of methoxy groups -OCH3 is 1. The highest BCUT2D eigenvalue weighted by molar-refractivity contribution is 6.35. The molecule has 0 atom stereocenters. The van der Waals surface area contributed by atoms with Gasteiger partial charge in [-0.25, -0.2) is 5.43 Å². The van der Waals surface area contributed by atoms with Crippen LogP contribution in [0.2, 0.25) is 5.02 Å². The highest BCUT2D eigenvalue weighted by Gasteiger charge is 2.13. The van der Waals surface area contributed by atoms with Gasteiger partial charge in [0.25, 0.3) is 0 Å². The Bertz CT molecular complexity index is 884. The fourth-order valence-corrected chi connectivity index (χ4v) is 2.49. The molecule has 8 heteroatoms. The predicted octanol–water partition coefficient (Wildman–Crippen LogP) is 3.15. The summed E-state index contributed by atoms with van der Waals surface area (Å²) in [5.74, 6) is -0.399. The topological polar surface area (TPSA) is 89.0 Å². The number of nitrogens with one attached hydrogen (secondary N) is 2. The molecule has 0 spiro atoms. The molecule has 0 aliphatic heterocycles. The van der Waals surface area contributed by atoms with Crippen molar-refractivity contribution >= 4 is 29.6 Å². The lowest BCUT2D eigenvalue weighted by Crippen LogP contribution is -2.39. The van der Waals surface area contributed by atoms with Gasteiger partial charge in [-0.3, -0.25) is 9.59 Å². The van der Waals surface area contributed by atoms with Crippen LogP contribution in [0, 0.1) is 5.92 Å². The van der Waals surface area contributed by atoms with Gasteiger partial charge in [-0.1, -0.05) is 49.7 Å². The van der Waals surface area contributed by atoms with Crippen molar-refractivity contribution in [2.75, 3.05) is 13.7 Å². The van der Waals surface area contributed by atoms with Crippen LogP contribution in [-0.4, -0.2) is 31.7 Å². The average Bonchev–Trinajstić information content (AvgIpc) is 2.71. The lowest BCUT2D eigenvalue weighted by Gasteiger charge is -2.13. The van der Waals surface area contributed by atoms with Crippen LogP contribution in [-0.2, 0) is 16.2 Å². The van der Waals surface area contributed by atoms with Crippen molar-refractivity contribution in [3.63, 3.8) is 0 Å². The molecular formula is C21H24ClN3O4. The van der Waals surface area contributed by atoms with E-state index in [9.17, 15) is 9.59 Å². The summed E-state index contributed by atoms with van der Waals surface area (Å²) in [7, 11) is 1.53. The molecule has 2 amide bonds. The zero-order chi connectivity index (χ0) is 21.2. The first-order valence-corrected chi connectivity index (χ1v) is 9.44. The van der Waals surface area contributed by atoms with Gasteiger partial charge in [0, 0.05) is 22.7 Å². The Labute approximate surface area is 175 Å². The van der Waals surface area contributed by atoms with E-state index in [1.54, 1.807) is 24.3 Å². The third-order valence-corrected chi connectivity index (χ3v) is 4.17. The molecule has 0 bridgehead atoms. The minimum atomic E-state index is -0.844. The van der Waals surface area contributed by atoms with Gasteiger partial charge in [0.05, 0.1) is 13.3 Å². The lowest BCUT2D eigenvalue weighted by molar-refractivity contribution is -0.139. The molecule has 0 unspecified atom stereocenters. The Hall–Kier alpha value is -3.06. The van der Waals surface area contributed by atoms with Crippen molar-refractivity contribution in [3.05, 3.63) is 58.6 Å². The average molecular weight is 418 g/mol. The van der Waals surface area contributed by atoms with Crippen molar-refractivity contribution in [1.29, 1.82) is 0 Å². The van der Waals surface area contributed by atoms with E-state index in [1.165, 1.54) is 13.3 Å². The lowest BCUT2D eigenvalue weighted by atomic mass is 10.2. The predicted molar refractivity (Wildman–Crippen MR) is 112 cm³/mol. The van der Waals surface area contributed by atoms with Crippen molar-refractivity contribution in [2.24, 2.45) is 11.0 Å². The standard InChI is InChI=1S/C21H24ClN3O4/c1-14(2)11-23-20(26)21(27)25-24-12-15-8-6-10-18(28-3)19(15)29-13-16-7-4-5-9-17(16)22/h4-10,12,14H,11,13H2,1-3H3,(H,23,26)(H,25,27)/b24-12-. The first kappa shape index (κ1) is 22.2. The van der Waals surface area contributed by atoms with E-state index in [0.717, 1.165) is 5.56 Å². The fraction of sp³-hybridized carbons (Fsp3) is 0.286. The molecule has 0 aromatic heterocycles. The number of ether oxygens (including phenoxy) is 2. The van der Waals surface area contributed by atoms with Crippen LogP contribution in [0.5, 0.6) is 11.5 Å². The number of carbonyl (C=O) groups excluding carboxylic acids is 2. The smallest absolute Gasteiger partial charge is 0.329 e. The maximum absolute atomic E-state index is 11.8. The SMILES string of the molecule is COc1cccc(/C=N\NC(=O)C(=O)NCC(C)C)c1OCc1ccccc1Cl. The zero-order valence-corrected chi connectivity index (χ0v) is 17.3. The van der Waals surface area contributed by atoms with E-state index < -0.39 is 11.8 Å². The van der Waals surface area contributed by atoms with Crippen LogP contribution in [0.1, 0.15) is 25.0 Å². The number of para-hydroxylation sites is 1. The number of hydrogen-bond acceptors (Lipinski definition) is 5. The Morgan fingerprint density at radius 1 is 1.14 bits per heavy atom. The molecule has 0 fully saturated rings. The van der Waals surface area contributed by atoms with Crippen molar-refractivity contribution in [3.8, 4) is 11.5 Å². The van der Waals surface area contributed by atoms with Crippen molar-refractivity contribution < 1.29 is 19.1 Å². The quantitative estimate of drug-likeness (QED) is 0.392. The monoisotopic (exact) mass is 417 g/mol. The first-order valence-electron chi connectivity index (χ1n) is 9.06. The minimum Gasteiger partial charge on any atom is -0.493 e. The van der Waals surface area contributed by atoms with Gasteiger partial charge in [0.1, 0.15) is 6.61 Å². The van der Waals surface area contributed by atoms with Crippen molar-refractivity contribution in [2.45, 2.75) is 20.5 Å². The molecule has 154 valence electrons. The van der Waals surface area contributed by atoms with E-state index in [2.05, 4.69) is 15.8 Å². The number of rotatable bonds is 8. The summed E-state index contributed by atoms with van der Waals surface area (Å²) in [5.41, 5.74) is 3.59. The van der Waals surface area contributed by atoms with E-state index in [0.29, 0.717) is 28.6 Å². The van der Waals surface area contributed by atoms with Crippen LogP contribution in [0.15, 0.2) is 47.6 Å². The van der Waals surface area contributed by atoms with Gasteiger partial charge in [-0.05, 0) is 24.1 Å². The highest BCUT2D eigenvalue weighted by atomic mass is 35.5. The van der Waals surface area contributed by atoms with Gasteiger partial charge in [-0.15, -0.1) is 0 Å². The van der Waals surface area contributed by atoms with Gasteiger partial charge >= 0.3 is 11.8 Å². The largest absolute Gasteiger partial charge is 0.493 e. The number of halogens is 1. The molecule has 0 aliphatic carbocycles. The normalized spacial score (nSPS) is 10.8. The van der Waals surface area contributed by atoms with Crippen LogP contribution in [0.4, 0.5) is 0 Å². The molecule has 0 aliphatic rings. The Morgan fingerprint density at radius 3 is 2.59 bits per heavy atom. The fourth-order valence-electron chi connectivity index (χ4n) is 2.30. The molecule has 0 radical (unpaired) electrons. The summed E-state index contributed by atoms with van der Waals surface area (Å²) in [4.78, 5) is 23.5. The maximum atomic E-state index is 11.8. The summed E-state index contributed by atoms with van der Waals surface area (Å²) in [6.07, 6.45) is 1.39. The second-order valence-electron chi connectivity index (χ2n) is 6.56. The molecule has 2 aromatic rings. The van der Waals surface area contributed by atoms with Crippen LogP contribution < -0.4 is 20.2 Å². The molecule has 0 saturated heterocycles. The molecule has 7 nitrogen and oxygen atoms in total. The highest BCUT2D eigenvalue weighted by Crippen LogP contribution is 2.31. The molecule has 2 rings (SSSR count). The second kappa shape index (κ2) is 11.1. The molecule has 29 heavy (non-hydrogen) atoms. The Morgan fingerprint density at radius 2 is 1.90 bits per heavy atom. The zero-order valence-electron chi connectivity index (χ0n) is 16.6. The molecular weight excluding hydrogens is 394 g/mol. The third-order valence-electron chi connectivity index (χ3n) is 3.81.